The third-order valence-corrected chi connectivity index (χ3v) is 4.67. The maximum absolute atomic E-state index is 14.2. The number of esters is 1. The number of fused-ring (bicyclic) bond motifs is 1. The maximum Gasteiger partial charge on any atom is 0.412 e. The standard InChI is InChI=1S/C20H22F4N2O4/c1-4-12(20(22,23)24)8-9-13(29-2)11-26-16(10-17(27)30-3)14-6-5-7-15(21)18(14)25-19(26)28/h5-9,16H,4,10-11H2,1-3H3,(H,25,28)/b12-8+,13-9+. The zero-order valence-corrected chi connectivity index (χ0v) is 16.7. The molecule has 6 nitrogen and oxygen atoms in total. The van der Waals surface area contributed by atoms with E-state index in [-0.39, 0.29) is 30.8 Å². The number of anilines is 1. The van der Waals surface area contributed by atoms with E-state index in [1.807, 2.05) is 0 Å². The Balaban J connectivity index is 2.41. The number of allylic oxidation sites excluding steroid dienone is 3. The van der Waals surface area contributed by atoms with Gasteiger partial charge in [-0.3, -0.25) is 4.79 Å². The quantitative estimate of drug-likeness (QED) is 0.295. The van der Waals surface area contributed by atoms with E-state index in [2.05, 4.69) is 10.1 Å². The summed E-state index contributed by atoms with van der Waals surface area (Å²) in [5.41, 5.74) is -0.477. The van der Waals surface area contributed by atoms with Gasteiger partial charge in [-0.05, 0) is 18.6 Å². The van der Waals surface area contributed by atoms with E-state index in [0.717, 1.165) is 12.2 Å². The number of halogens is 4. The van der Waals surface area contributed by atoms with Crippen LogP contribution in [-0.4, -0.2) is 43.8 Å². The molecule has 0 spiro atoms. The molecule has 30 heavy (non-hydrogen) atoms. The predicted molar refractivity (Wildman–Crippen MR) is 101 cm³/mol. The van der Waals surface area contributed by atoms with Gasteiger partial charge in [-0.2, -0.15) is 13.2 Å². The van der Waals surface area contributed by atoms with Gasteiger partial charge in [0.2, 0.25) is 0 Å². The number of methoxy groups -OCH3 is 2. The Morgan fingerprint density at radius 2 is 1.93 bits per heavy atom. The van der Waals surface area contributed by atoms with Gasteiger partial charge in [0.05, 0.1) is 38.9 Å². The number of nitrogens with zero attached hydrogens (tertiary/aromatic N) is 1. The lowest BCUT2D eigenvalue weighted by Gasteiger charge is -2.37. The monoisotopic (exact) mass is 430 g/mol. The van der Waals surface area contributed by atoms with Crippen molar-refractivity contribution >= 4 is 17.7 Å². The van der Waals surface area contributed by atoms with Gasteiger partial charge in [0.15, 0.2) is 0 Å². The predicted octanol–water partition coefficient (Wildman–Crippen LogP) is 4.71. The molecule has 1 unspecified atom stereocenters. The molecule has 1 aromatic rings. The number of carbonyl (C=O) groups excluding carboxylic acids is 2. The van der Waals surface area contributed by atoms with Crippen LogP contribution >= 0.6 is 0 Å². The molecule has 0 saturated heterocycles. The van der Waals surface area contributed by atoms with E-state index in [9.17, 15) is 27.2 Å². The molecule has 1 aliphatic rings. The third kappa shape index (κ3) is 5.31. The number of rotatable bonds is 7. The lowest BCUT2D eigenvalue weighted by atomic mass is 9.97. The minimum Gasteiger partial charge on any atom is -0.499 e. The van der Waals surface area contributed by atoms with Gasteiger partial charge < -0.3 is 19.7 Å². The van der Waals surface area contributed by atoms with E-state index < -0.39 is 35.6 Å². The second-order valence-electron chi connectivity index (χ2n) is 6.44. The number of benzene rings is 1. The molecule has 1 heterocycles. The van der Waals surface area contributed by atoms with Crippen LogP contribution in [0.25, 0.3) is 0 Å². The summed E-state index contributed by atoms with van der Waals surface area (Å²) in [6, 6.07) is 2.53. The van der Waals surface area contributed by atoms with Crippen molar-refractivity contribution in [2.45, 2.75) is 32.0 Å². The number of alkyl halides is 3. The van der Waals surface area contributed by atoms with Crippen LogP contribution < -0.4 is 5.32 Å². The number of carbonyl (C=O) groups is 2. The first-order chi connectivity index (χ1) is 14.1. The van der Waals surface area contributed by atoms with Gasteiger partial charge in [0.25, 0.3) is 0 Å². The SMILES string of the molecule is CC/C(=C\C=C(/CN1C(=O)Nc2c(F)cccc2C1CC(=O)OC)OC)C(F)(F)F. The number of hydrogen-bond acceptors (Lipinski definition) is 4. The second kappa shape index (κ2) is 9.64. The topological polar surface area (TPSA) is 67.9 Å². The highest BCUT2D eigenvalue weighted by atomic mass is 19.4. The zero-order chi connectivity index (χ0) is 22.5. The first kappa shape index (κ1) is 23.2. The van der Waals surface area contributed by atoms with E-state index in [0.29, 0.717) is 5.56 Å². The molecule has 2 rings (SSSR count). The van der Waals surface area contributed by atoms with Crippen molar-refractivity contribution in [1.82, 2.24) is 4.90 Å². The molecular formula is C20H22F4N2O4. The lowest BCUT2D eigenvalue weighted by molar-refractivity contribution is -0.141. The van der Waals surface area contributed by atoms with Gasteiger partial charge in [-0.1, -0.05) is 25.1 Å². The molecule has 164 valence electrons. The Labute approximate surface area is 171 Å². The molecule has 1 atom stereocenters. The summed E-state index contributed by atoms with van der Waals surface area (Å²) in [6.07, 6.45) is -3.00. The van der Waals surface area contributed by atoms with Crippen molar-refractivity contribution in [2.24, 2.45) is 0 Å². The van der Waals surface area contributed by atoms with Crippen molar-refractivity contribution in [2.75, 3.05) is 26.1 Å². The van der Waals surface area contributed by atoms with Crippen molar-refractivity contribution in [3.63, 3.8) is 0 Å². The highest BCUT2D eigenvalue weighted by Crippen LogP contribution is 2.37. The van der Waals surface area contributed by atoms with Crippen LogP contribution in [0.5, 0.6) is 0 Å². The van der Waals surface area contributed by atoms with Crippen LogP contribution in [0.1, 0.15) is 31.4 Å². The average Bonchev–Trinajstić information content (AvgIpc) is 2.69. The van der Waals surface area contributed by atoms with Crippen molar-refractivity contribution in [1.29, 1.82) is 0 Å². The highest BCUT2D eigenvalue weighted by Gasteiger charge is 2.36. The van der Waals surface area contributed by atoms with Crippen LogP contribution in [-0.2, 0) is 14.3 Å². The number of ether oxygens (including phenoxy) is 2. The molecule has 0 aromatic heterocycles. The summed E-state index contributed by atoms with van der Waals surface area (Å²) < 4.78 is 62.8. The van der Waals surface area contributed by atoms with Gasteiger partial charge in [-0.25, -0.2) is 9.18 Å². The number of para-hydroxylation sites is 1. The summed E-state index contributed by atoms with van der Waals surface area (Å²) in [4.78, 5) is 25.7. The molecule has 0 radical (unpaired) electrons. The number of urea groups is 1. The minimum absolute atomic E-state index is 0.0510. The summed E-state index contributed by atoms with van der Waals surface area (Å²) in [5.74, 6) is -1.25. The van der Waals surface area contributed by atoms with Crippen LogP contribution in [0.2, 0.25) is 0 Å². The Morgan fingerprint density at radius 3 is 2.50 bits per heavy atom. The van der Waals surface area contributed by atoms with Gasteiger partial charge >= 0.3 is 18.2 Å². The molecule has 0 fully saturated rings. The lowest BCUT2D eigenvalue weighted by Crippen LogP contribution is -2.44. The summed E-state index contributed by atoms with van der Waals surface area (Å²) >= 11 is 0. The van der Waals surface area contributed by atoms with Gasteiger partial charge in [-0.15, -0.1) is 0 Å². The highest BCUT2D eigenvalue weighted by molar-refractivity contribution is 5.94. The van der Waals surface area contributed by atoms with E-state index >= 15 is 0 Å². The molecule has 1 aromatic carbocycles. The van der Waals surface area contributed by atoms with E-state index in [1.165, 1.54) is 38.2 Å². The minimum atomic E-state index is -4.49. The van der Waals surface area contributed by atoms with E-state index in [1.54, 1.807) is 6.07 Å². The number of hydrogen-bond donors (Lipinski definition) is 1. The number of amides is 2. The first-order valence-electron chi connectivity index (χ1n) is 9.06. The first-order valence-corrected chi connectivity index (χ1v) is 9.06. The van der Waals surface area contributed by atoms with Crippen LogP contribution in [0.15, 0.2) is 41.7 Å². The Bertz CT molecular complexity index is 865. The fourth-order valence-electron chi connectivity index (χ4n) is 3.04. The molecule has 2 amide bonds. The van der Waals surface area contributed by atoms with Crippen molar-refractivity contribution < 1.29 is 36.6 Å². The number of nitrogens with one attached hydrogen (secondary N) is 1. The Kier molecular flexibility index (Phi) is 7.47. The molecule has 1 N–H and O–H groups in total. The summed E-state index contributed by atoms with van der Waals surface area (Å²) in [7, 11) is 2.43. The maximum atomic E-state index is 14.2. The smallest absolute Gasteiger partial charge is 0.412 e. The van der Waals surface area contributed by atoms with E-state index in [4.69, 9.17) is 4.74 Å². The van der Waals surface area contributed by atoms with Crippen LogP contribution in [0, 0.1) is 5.82 Å². The molecule has 0 aliphatic carbocycles. The molecule has 0 saturated carbocycles. The average molecular weight is 430 g/mol. The molecule has 0 bridgehead atoms. The summed E-state index contributed by atoms with van der Waals surface area (Å²) in [5, 5.41) is 2.41. The van der Waals surface area contributed by atoms with Crippen LogP contribution in [0.3, 0.4) is 0 Å². The Hall–Kier alpha value is -3.04. The molecular weight excluding hydrogens is 408 g/mol. The third-order valence-electron chi connectivity index (χ3n) is 4.67. The van der Waals surface area contributed by atoms with Crippen molar-refractivity contribution in [3.05, 3.63) is 53.1 Å². The molecule has 1 aliphatic heterocycles. The van der Waals surface area contributed by atoms with Gasteiger partial charge in [0.1, 0.15) is 11.6 Å². The fourth-order valence-corrected chi connectivity index (χ4v) is 3.04. The van der Waals surface area contributed by atoms with Crippen LogP contribution in [0.4, 0.5) is 28.0 Å². The largest absolute Gasteiger partial charge is 0.499 e. The molecule has 10 heteroatoms. The normalized spacial score (nSPS) is 17.4. The Morgan fingerprint density at radius 1 is 1.23 bits per heavy atom. The summed E-state index contributed by atoms with van der Waals surface area (Å²) in [6.45, 7) is 1.13. The van der Waals surface area contributed by atoms with Gasteiger partial charge in [0, 0.05) is 11.1 Å². The fraction of sp³-hybridized carbons (Fsp3) is 0.400. The zero-order valence-electron chi connectivity index (χ0n) is 16.7. The van der Waals surface area contributed by atoms with Crippen molar-refractivity contribution in [3.8, 4) is 0 Å². The second-order valence-corrected chi connectivity index (χ2v) is 6.44.